The summed E-state index contributed by atoms with van der Waals surface area (Å²) < 4.78 is 0. The number of likely N-dealkylation sites (N-methyl/N-ethyl adjacent to an activating group) is 1. The van der Waals surface area contributed by atoms with Crippen LogP contribution >= 0.6 is 0 Å². The molecule has 3 amide bonds. The number of hydrogen-bond donors (Lipinski definition) is 0. The van der Waals surface area contributed by atoms with E-state index in [-0.39, 0.29) is 24.5 Å². The Labute approximate surface area is 77.5 Å². The minimum atomic E-state index is -0.0955. The topological polar surface area (TPSA) is 40.6 Å². The average molecular weight is 182 g/mol. The third-order valence-corrected chi connectivity index (χ3v) is 2.85. The number of hydrogen-bond acceptors (Lipinski definition) is 2. The molecule has 0 bridgehead atoms. The van der Waals surface area contributed by atoms with Gasteiger partial charge in [-0.3, -0.25) is 9.69 Å². The Bertz CT molecular complexity index is 264. The fourth-order valence-corrected chi connectivity index (χ4v) is 1.80. The van der Waals surface area contributed by atoms with Crippen LogP contribution in [0.2, 0.25) is 0 Å². The molecule has 2 fully saturated rings. The van der Waals surface area contributed by atoms with Crippen LogP contribution in [-0.2, 0) is 4.79 Å². The predicted molar refractivity (Wildman–Crippen MR) is 47.1 cm³/mol. The number of carbonyl (C=O) groups excluding carboxylic acids is 2. The van der Waals surface area contributed by atoms with Crippen LogP contribution in [0.4, 0.5) is 4.79 Å². The summed E-state index contributed by atoms with van der Waals surface area (Å²) in [5, 5.41) is 0. The van der Waals surface area contributed by atoms with Gasteiger partial charge in [-0.05, 0) is 19.3 Å². The zero-order valence-electron chi connectivity index (χ0n) is 7.99. The van der Waals surface area contributed by atoms with Crippen LogP contribution in [0.3, 0.4) is 0 Å². The Morgan fingerprint density at radius 2 is 2.08 bits per heavy atom. The molecule has 1 aliphatic heterocycles. The second-order valence-electron chi connectivity index (χ2n) is 3.84. The second kappa shape index (κ2) is 2.72. The van der Waals surface area contributed by atoms with Gasteiger partial charge in [-0.2, -0.15) is 0 Å². The maximum atomic E-state index is 11.6. The quantitative estimate of drug-likeness (QED) is 0.589. The molecule has 0 aromatic heterocycles. The van der Waals surface area contributed by atoms with Gasteiger partial charge in [0, 0.05) is 12.6 Å². The summed E-state index contributed by atoms with van der Waals surface area (Å²) in [6, 6.07) is 0.0957. The van der Waals surface area contributed by atoms with Gasteiger partial charge in [-0.1, -0.05) is 6.92 Å². The van der Waals surface area contributed by atoms with Crippen LogP contribution in [0.15, 0.2) is 0 Å². The first kappa shape index (κ1) is 8.53. The number of imide groups is 1. The first-order valence-electron chi connectivity index (χ1n) is 4.76. The van der Waals surface area contributed by atoms with Gasteiger partial charge in [0.2, 0.25) is 0 Å². The standard InChI is InChI=1S/C9H14N2O2/c1-3-10-5-8(12)11(9(10)13)7-4-6(7)2/h6-7H,3-5H2,1-2H3. The molecule has 1 aliphatic carbocycles. The molecular formula is C9H14N2O2. The van der Waals surface area contributed by atoms with Crippen molar-refractivity contribution in [2.75, 3.05) is 13.1 Å². The summed E-state index contributed by atoms with van der Waals surface area (Å²) in [4.78, 5) is 26.1. The number of nitrogens with zero attached hydrogens (tertiary/aromatic N) is 2. The van der Waals surface area contributed by atoms with Crippen LogP contribution in [0.25, 0.3) is 0 Å². The number of carbonyl (C=O) groups is 2. The first-order chi connectivity index (χ1) is 6.15. The first-order valence-corrected chi connectivity index (χ1v) is 4.76. The summed E-state index contributed by atoms with van der Waals surface area (Å²) in [6.45, 7) is 4.87. The predicted octanol–water partition coefficient (Wildman–Crippen LogP) is 0.679. The summed E-state index contributed by atoms with van der Waals surface area (Å²) >= 11 is 0. The van der Waals surface area contributed by atoms with Crippen molar-refractivity contribution in [3.8, 4) is 0 Å². The molecule has 2 atom stereocenters. The maximum Gasteiger partial charge on any atom is 0.327 e. The molecule has 1 saturated heterocycles. The molecule has 0 spiro atoms. The number of urea groups is 1. The molecule has 1 saturated carbocycles. The molecular weight excluding hydrogens is 168 g/mol. The lowest BCUT2D eigenvalue weighted by molar-refractivity contribution is -0.125. The Balaban J connectivity index is 2.11. The van der Waals surface area contributed by atoms with E-state index in [2.05, 4.69) is 6.92 Å². The lowest BCUT2D eigenvalue weighted by atomic mass is 10.4. The molecule has 13 heavy (non-hydrogen) atoms. The third-order valence-electron chi connectivity index (χ3n) is 2.85. The van der Waals surface area contributed by atoms with Crippen LogP contribution in [-0.4, -0.2) is 40.9 Å². The van der Waals surface area contributed by atoms with E-state index in [4.69, 9.17) is 0 Å². The smallest absolute Gasteiger partial charge is 0.315 e. The molecule has 0 aromatic carbocycles. The van der Waals surface area contributed by atoms with Gasteiger partial charge < -0.3 is 4.90 Å². The molecule has 2 aliphatic rings. The van der Waals surface area contributed by atoms with Gasteiger partial charge >= 0.3 is 6.03 Å². The lowest BCUT2D eigenvalue weighted by Gasteiger charge is -2.14. The van der Waals surface area contributed by atoms with Crippen molar-refractivity contribution in [3.63, 3.8) is 0 Å². The van der Waals surface area contributed by atoms with E-state index in [0.29, 0.717) is 12.5 Å². The zero-order chi connectivity index (χ0) is 9.59. The highest BCUT2D eigenvalue weighted by Gasteiger charge is 2.48. The Morgan fingerprint density at radius 3 is 2.46 bits per heavy atom. The highest BCUT2D eigenvalue weighted by Crippen LogP contribution is 2.37. The van der Waals surface area contributed by atoms with Gasteiger partial charge in [-0.25, -0.2) is 4.79 Å². The van der Waals surface area contributed by atoms with E-state index in [0.717, 1.165) is 6.42 Å². The summed E-state index contributed by atoms with van der Waals surface area (Å²) in [5.74, 6) is 0.478. The van der Waals surface area contributed by atoms with Gasteiger partial charge in [-0.15, -0.1) is 0 Å². The van der Waals surface area contributed by atoms with E-state index in [1.54, 1.807) is 4.90 Å². The monoisotopic (exact) mass is 182 g/mol. The van der Waals surface area contributed by atoms with Crippen molar-refractivity contribution in [2.45, 2.75) is 26.3 Å². The van der Waals surface area contributed by atoms with Crippen LogP contribution in [0, 0.1) is 5.92 Å². The van der Waals surface area contributed by atoms with Crippen LogP contribution < -0.4 is 0 Å². The largest absolute Gasteiger partial charge is 0.327 e. The SMILES string of the molecule is CCN1CC(=O)N(C2CC2C)C1=O. The maximum absolute atomic E-state index is 11.6. The van der Waals surface area contributed by atoms with E-state index in [9.17, 15) is 9.59 Å². The van der Waals surface area contributed by atoms with E-state index in [1.165, 1.54) is 4.90 Å². The Hall–Kier alpha value is -1.06. The third kappa shape index (κ3) is 1.20. The van der Waals surface area contributed by atoms with Gasteiger partial charge in [0.05, 0.1) is 0 Å². The van der Waals surface area contributed by atoms with Gasteiger partial charge in [0.15, 0.2) is 0 Å². The lowest BCUT2D eigenvalue weighted by Crippen LogP contribution is -2.35. The van der Waals surface area contributed by atoms with Gasteiger partial charge in [0.1, 0.15) is 6.54 Å². The fourth-order valence-electron chi connectivity index (χ4n) is 1.80. The minimum absolute atomic E-state index is 0.0267. The van der Waals surface area contributed by atoms with E-state index >= 15 is 0 Å². The normalized spacial score (nSPS) is 33.1. The van der Waals surface area contributed by atoms with Crippen molar-refractivity contribution < 1.29 is 9.59 Å². The Kier molecular flexibility index (Phi) is 1.78. The average Bonchev–Trinajstić information content (AvgIpc) is 2.70. The van der Waals surface area contributed by atoms with Crippen molar-refractivity contribution in [2.24, 2.45) is 5.92 Å². The van der Waals surface area contributed by atoms with E-state index < -0.39 is 0 Å². The molecule has 2 unspecified atom stereocenters. The minimum Gasteiger partial charge on any atom is -0.315 e. The van der Waals surface area contributed by atoms with Crippen molar-refractivity contribution in [1.82, 2.24) is 9.80 Å². The second-order valence-corrected chi connectivity index (χ2v) is 3.84. The van der Waals surface area contributed by atoms with Gasteiger partial charge in [0.25, 0.3) is 5.91 Å². The number of amides is 3. The number of rotatable bonds is 2. The zero-order valence-corrected chi connectivity index (χ0v) is 7.99. The Morgan fingerprint density at radius 1 is 1.46 bits per heavy atom. The van der Waals surface area contributed by atoms with E-state index in [1.807, 2.05) is 6.92 Å². The van der Waals surface area contributed by atoms with Crippen LogP contribution in [0.1, 0.15) is 20.3 Å². The molecule has 0 aromatic rings. The van der Waals surface area contributed by atoms with Crippen LogP contribution in [0.5, 0.6) is 0 Å². The fraction of sp³-hybridized carbons (Fsp3) is 0.778. The molecule has 72 valence electrons. The van der Waals surface area contributed by atoms with Crippen molar-refractivity contribution in [3.05, 3.63) is 0 Å². The summed E-state index contributed by atoms with van der Waals surface area (Å²) in [7, 11) is 0. The van der Waals surface area contributed by atoms with Crippen molar-refractivity contribution >= 4 is 11.9 Å². The summed E-state index contributed by atoms with van der Waals surface area (Å²) in [6.07, 6.45) is 0.981. The molecule has 1 heterocycles. The highest BCUT2D eigenvalue weighted by atomic mass is 16.2. The highest BCUT2D eigenvalue weighted by molar-refractivity contribution is 6.02. The molecule has 4 nitrogen and oxygen atoms in total. The molecule has 0 radical (unpaired) electrons. The molecule has 0 N–H and O–H groups in total. The molecule has 4 heteroatoms. The molecule has 2 rings (SSSR count). The summed E-state index contributed by atoms with van der Waals surface area (Å²) in [5.41, 5.74) is 0. The van der Waals surface area contributed by atoms with Crippen molar-refractivity contribution in [1.29, 1.82) is 0 Å².